The van der Waals surface area contributed by atoms with Gasteiger partial charge in [-0.25, -0.2) is 4.98 Å². The lowest BCUT2D eigenvalue weighted by atomic mass is 10.0. The SMILES string of the molecule is c1ccc(-c2cccc3[nH]c4nc5ccccc5n4c23)cc1. The Kier molecular flexibility index (Phi) is 2.22. The smallest absolute Gasteiger partial charge is 0.213 e. The molecule has 2 heterocycles. The van der Waals surface area contributed by atoms with Gasteiger partial charge in [0, 0.05) is 5.56 Å². The second-order valence-electron chi connectivity index (χ2n) is 5.45. The summed E-state index contributed by atoms with van der Waals surface area (Å²) in [6.07, 6.45) is 0. The number of hydrogen-bond acceptors (Lipinski definition) is 1. The number of nitrogens with one attached hydrogen (secondary N) is 1. The van der Waals surface area contributed by atoms with Gasteiger partial charge in [0.1, 0.15) is 0 Å². The Balaban J connectivity index is 2.01. The van der Waals surface area contributed by atoms with Crippen molar-refractivity contribution in [3.63, 3.8) is 0 Å². The molecule has 5 rings (SSSR count). The molecule has 2 aromatic heterocycles. The molecule has 3 heteroatoms. The molecule has 0 atom stereocenters. The summed E-state index contributed by atoms with van der Waals surface area (Å²) in [4.78, 5) is 8.12. The number of rotatable bonds is 1. The number of aromatic amines is 1. The molecular weight excluding hydrogens is 270 g/mol. The average Bonchev–Trinajstić information content (AvgIpc) is 3.10. The van der Waals surface area contributed by atoms with E-state index >= 15 is 0 Å². The summed E-state index contributed by atoms with van der Waals surface area (Å²) in [6.45, 7) is 0. The van der Waals surface area contributed by atoms with Crippen molar-refractivity contribution in [2.45, 2.75) is 0 Å². The summed E-state index contributed by atoms with van der Waals surface area (Å²) in [5, 5.41) is 0. The van der Waals surface area contributed by atoms with E-state index in [9.17, 15) is 0 Å². The minimum absolute atomic E-state index is 0.889. The van der Waals surface area contributed by atoms with E-state index in [-0.39, 0.29) is 0 Å². The van der Waals surface area contributed by atoms with Gasteiger partial charge in [-0.3, -0.25) is 4.40 Å². The number of hydrogen-bond donors (Lipinski definition) is 1. The molecule has 0 spiro atoms. The van der Waals surface area contributed by atoms with E-state index in [1.54, 1.807) is 0 Å². The third-order valence-corrected chi connectivity index (χ3v) is 4.15. The Bertz CT molecular complexity index is 1120. The molecule has 5 aromatic rings. The topological polar surface area (TPSA) is 33.1 Å². The first-order valence-electron chi connectivity index (χ1n) is 7.35. The normalized spacial score (nSPS) is 11.6. The van der Waals surface area contributed by atoms with Gasteiger partial charge in [0.15, 0.2) is 0 Å². The highest BCUT2D eigenvalue weighted by Crippen LogP contribution is 2.31. The first-order valence-corrected chi connectivity index (χ1v) is 7.35. The number of imidazole rings is 2. The molecule has 0 saturated carbocycles. The van der Waals surface area contributed by atoms with Crippen LogP contribution in [0.4, 0.5) is 0 Å². The zero-order valence-corrected chi connectivity index (χ0v) is 11.8. The lowest BCUT2D eigenvalue weighted by molar-refractivity contribution is 1.28. The molecule has 1 N–H and O–H groups in total. The Morgan fingerprint density at radius 3 is 2.50 bits per heavy atom. The monoisotopic (exact) mass is 283 g/mol. The summed E-state index contributed by atoms with van der Waals surface area (Å²) >= 11 is 0. The maximum Gasteiger partial charge on any atom is 0.213 e. The van der Waals surface area contributed by atoms with Gasteiger partial charge in [0.05, 0.1) is 22.1 Å². The Morgan fingerprint density at radius 1 is 0.773 bits per heavy atom. The van der Waals surface area contributed by atoms with Crippen LogP contribution in [0.15, 0.2) is 72.8 Å². The fourth-order valence-corrected chi connectivity index (χ4v) is 3.19. The number of benzene rings is 3. The highest BCUT2D eigenvalue weighted by molar-refractivity contribution is 5.98. The van der Waals surface area contributed by atoms with E-state index in [0.717, 1.165) is 22.3 Å². The molecule has 0 bridgehead atoms. The summed E-state index contributed by atoms with van der Waals surface area (Å²) in [7, 11) is 0. The molecule has 0 radical (unpaired) electrons. The molecule has 0 fully saturated rings. The largest absolute Gasteiger partial charge is 0.323 e. The predicted octanol–water partition coefficient (Wildman–Crippen LogP) is 4.64. The minimum atomic E-state index is 0.889. The van der Waals surface area contributed by atoms with Gasteiger partial charge in [-0.15, -0.1) is 0 Å². The predicted molar refractivity (Wildman–Crippen MR) is 90.0 cm³/mol. The highest BCUT2D eigenvalue weighted by atomic mass is 15.1. The highest BCUT2D eigenvalue weighted by Gasteiger charge is 2.13. The summed E-state index contributed by atoms with van der Waals surface area (Å²) < 4.78 is 2.22. The van der Waals surface area contributed by atoms with Gasteiger partial charge >= 0.3 is 0 Å². The lowest BCUT2D eigenvalue weighted by Gasteiger charge is -2.04. The van der Waals surface area contributed by atoms with Crippen LogP contribution >= 0.6 is 0 Å². The number of para-hydroxylation sites is 3. The van der Waals surface area contributed by atoms with Gasteiger partial charge in [-0.05, 0) is 23.8 Å². The van der Waals surface area contributed by atoms with E-state index in [4.69, 9.17) is 4.98 Å². The molecule has 0 saturated heterocycles. The molecule has 0 aliphatic rings. The Labute approximate surface area is 126 Å². The minimum Gasteiger partial charge on any atom is -0.323 e. The van der Waals surface area contributed by atoms with Crippen LogP contribution in [-0.2, 0) is 0 Å². The third-order valence-electron chi connectivity index (χ3n) is 4.15. The third kappa shape index (κ3) is 1.48. The molecule has 0 amide bonds. The molecule has 22 heavy (non-hydrogen) atoms. The van der Waals surface area contributed by atoms with Crippen molar-refractivity contribution in [3.05, 3.63) is 72.8 Å². The first-order chi connectivity index (χ1) is 10.9. The van der Waals surface area contributed by atoms with E-state index < -0.39 is 0 Å². The Morgan fingerprint density at radius 2 is 1.59 bits per heavy atom. The quantitative estimate of drug-likeness (QED) is 0.478. The van der Waals surface area contributed by atoms with Gasteiger partial charge in [0.25, 0.3) is 0 Å². The van der Waals surface area contributed by atoms with Crippen molar-refractivity contribution in [3.8, 4) is 11.1 Å². The van der Waals surface area contributed by atoms with Gasteiger partial charge in [-0.2, -0.15) is 0 Å². The van der Waals surface area contributed by atoms with Crippen molar-refractivity contribution in [2.24, 2.45) is 0 Å². The first kappa shape index (κ1) is 11.6. The summed E-state index contributed by atoms with van der Waals surface area (Å²) in [6, 6.07) is 25.1. The van der Waals surface area contributed by atoms with E-state index in [1.165, 1.54) is 16.6 Å². The zero-order valence-electron chi connectivity index (χ0n) is 11.8. The number of fused-ring (bicyclic) bond motifs is 5. The van der Waals surface area contributed by atoms with Crippen molar-refractivity contribution < 1.29 is 0 Å². The van der Waals surface area contributed by atoms with Gasteiger partial charge < -0.3 is 4.98 Å². The van der Waals surface area contributed by atoms with Crippen LogP contribution in [0.3, 0.4) is 0 Å². The molecule has 3 nitrogen and oxygen atoms in total. The maximum atomic E-state index is 4.69. The van der Waals surface area contributed by atoms with E-state index in [0.29, 0.717) is 0 Å². The molecule has 0 aliphatic carbocycles. The van der Waals surface area contributed by atoms with Crippen molar-refractivity contribution in [1.82, 2.24) is 14.4 Å². The van der Waals surface area contributed by atoms with Crippen LogP contribution in [0.25, 0.3) is 39.0 Å². The van der Waals surface area contributed by atoms with Crippen molar-refractivity contribution >= 4 is 27.8 Å². The molecule has 0 unspecified atom stereocenters. The van der Waals surface area contributed by atoms with Crippen LogP contribution in [0.2, 0.25) is 0 Å². The van der Waals surface area contributed by atoms with Crippen LogP contribution < -0.4 is 0 Å². The number of nitrogens with zero attached hydrogens (tertiary/aromatic N) is 2. The fraction of sp³-hybridized carbons (Fsp3) is 0. The van der Waals surface area contributed by atoms with E-state index in [2.05, 4.69) is 64.0 Å². The summed E-state index contributed by atoms with van der Waals surface area (Å²) in [5.41, 5.74) is 6.86. The molecular formula is C19H13N3. The van der Waals surface area contributed by atoms with Gasteiger partial charge in [-0.1, -0.05) is 54.6 Å². The second kappa shape index (κ2) is 4.21. The number of H-pyrrole nitrogens is 1. The van der Waals surface area contributed by atoms with Crippen molar-refractivity contribution in [2.75, 3.05) is 0 Å². The Hall–Kier alpha value is -3.07. The van der Waals surface area contributed by atoms with E-state index in [1.807, 2.05) is 18.2 Å². The van der Waals surface area contributed by atoms with Crippen LogP contribution in [0.5, 0.6) is 0 Å². The molecule has 104 valence electrons. The second-order valence-corrected chi connectivity index (χ2v) is 5.45. The van der Waals surface area contributed by atoms with Crippen LogP contribution in [0.1, 0.15) is 0 Å². The molecule has 0 aliphatic heterocycles. The van der Waals surface area contributed by atoms with Crippen molar-refractivity contribution in [1.29, 1.82) is 0 Å². The lowest BCUT2D eigenvalue weighted by Crippen LogP contribution is -1.85. The number of aromatic nitrogens is 3. The average molecular weight is 283 g/mol. The fourth-order valence-electron chi connectivity index (χ4n) is 3.19. The van der Waals surface area contributed by atoms with Crippen LogP contribution in [-0.4, -0.2) is 14.4 Å². The molecule has 3 aromatic carbocycles. The standard InChI is InChI=1S/C19H13N3/c1-2-7-13(8-3-1)14-9-6-11-16-18(14)22-17-12-5-4-10-15(17)20-19(22)21-16/h1-12H,(H,20,21). The maximum absolute atomic E-state index is 4.69. The summed E-state index contributed by atoms with van der Waals surface area (Å²) in [5.74, 6) is 0.889. The van der Waals surface area contributed by atoms with Crippen LogP contribution in [0, 0.1) is 0 Å². The van der Waals surface area contributed by atoms with Gasteiger partial charge in [0.2, 0.25) is 5.78 Å². The zero-order chi connectivity index (χ0) is 14.5.